The van der Waals surface area contributed by atoms with Gasteiger partial charge in [0.25, 0.3) is 5.91 Å². The Balaban J connectivity index is 0.00000353. The van der Waals surface area contributed by atoms with Gasteiger partial charge in [-0.2, -0.15) is 0 Å². The molecule has 1 amide bonds. The molecule has 0 aromatic heterocycles. The maximum Gasteiger partial charge on any atom is 0.254 e. The van der Waals surface area contributed by atoms with E-state index in [0.717, 1.165) is 102 Å². The topological polar surface area (TPSA) is 51.7 Å². The van der Waals surface area contributed by atoms with Crippen molar-refractivity contribution in [3.05, 3.63) is 71.6 Å². The Kier molecular flexibility index (Phi) is 9.31. The first-order valence-electron chi connectivity index (χ1n) is 14.0. The second-order valence-corrected chi connectivity index (χ2v) is 9.77. The van der Waals surface area contributed by atoms with Gasteiger partial charge >= 0.3 is 0 Å². The van der Waals surface area contributed by atoms with Crippen LogP contribution in [0.2, 0.25) is 0 Å². The molecule has 6 nitrogen and oxygen atoms in total. The van der Waals surface area contributed by atoms with Gasteiger partial charge in [-0.25, -0.2) is 4.58 Å². The lowest BCUT2D eigenvalue weighted by atomic mass is 9.90. The Morgan fingerprint density at radius 2 is 1.64 bits per heavy atom. The highest BCUT2D eigenvalue weighted by Gasteiger charge is 2.25. The van der Waals surface area contributed by atoms with Crippen molar-refractivity contribution in [3.63, 3.8) is 0 Å². The smallest absolute Gasteiger partial charge is 0.254 e. The highest BCUT2D eigenvalue weighted by Crippen LogP contribution is 2.42. The molecular weight excluding hydrogens is 508 g/mol. The van der Waals surface area contributed by atoms with Crippen molar-refractivity contribution in [1.82, 2.24) is 14.8 Å². The molecule has 39 heavy (non-hydrogen) atoms. The van der Waals surface area contributed by atoms with Crippen LogP contribution in [0.3, 0.4) is 0 Å². The van der Waals surface area contributed by atoms with Crippen molar-refractivity contribution in [3.8, 4) is 22.5 Å². The van der Waals surface area contributed by atoms with Gasteiger partial charge in [0.15, 0.2) is 0 Å². The predicted octanol–water partition coefficient (Wildman–Crippen LogP) is 1.91. The third kappa shape index (κ3) is 5.54. The Bertz CT molecular complexity index is 1480. The van der Waals surface area contributed by atoms with Gasteiger partial charge < -0.3 is 31.9 Å². The summed E-state index contributed by atoms with van der Waals surface area (Å²) in [6.07, 6.45) is 0. The highest BCUT2D eigenvalue weighted by molar-refractivity contribution is 6.09. The molecule has 1 fully saturated rings. The predicted molar refractivity (Wildman–Crippen MR) is 157 cm³/mol. The minimum absolute atomic E-state index is 0. The lowest BCUT2D eigenvalue weighted by Crippen LogP contribution is -3.00. The summed E-state index contributed by atoms with van der Waals surface area (Å²) in [7, 11) is 0. The SMILES string of the molecule is CCN(CC)c1ccc2c(-c3ccccc3C(=O)N3CCNCC3)c3ccc(=[N+](CC)CC)cc-3oc2c1.[Cl-]. The quantitative estimate of drug-likeness (QED) is 0.284. The van der Waals surface area contributed by atoms with E-state index in [9.17, 15) is 4.79 Å². The van der Waals surface area contributed by atoms with Gasteiger partial charge in [-0.3, -0.25) is 4.79 Å². The molecule has 2 aromatic carbocycles. The monoisotopic (exact) mass is 546 g/mol. The second-order valence-electron chi connectivity index (χ2n) is 9.77. The molecule has 0 saturated carbocycles. The van der Waals surface area contributed by atoms with Crippen molar-refractivity contribution in [2.24, 2.45) is 0 Å². The van der Waals surface area contributed by atoms with Crippen molar-refractivity contribution in [2.45, 2.75) is 27.7 Å². The summed E-state index contributed by atoms with van der Waals surface area (Å²) < 4.78 is 8.95. The van der Waals surface area contributed by atoms with E-state index in [2.05, 4.69) is 85.0 Å². The first-order valence-corrected chi connectivity index (χ1v) is 14.0. The fourth-order valence-electron chi connectivity index (χ4n) is 5.65. The molecule has 2 heterocycles. The average Bonchev–Trinajstić information content (AvgIpc) is 2.97. The summed E-state index contributed by atoms with van der Waals surface area (Å²) in [6.45, 7) is 15.5. The fourth-order valence-corrected chi connectivity index (χ4v) is 5.65. The minimum Gasteiger partial charge on any atom is -1.00 e. The van der Waals surface area contributed by atoms with Crippen molar-refractivity contribution < 1.29 is 21.6 Å². The second kappa shape index (κ2) is 12.7. The molecule has 0 atom stereocenters. The van der Waals surface area contributed by atoms with Crippen LogP contribution in [-0.4, -0.2) is 63.2 Å². The zero-order valence-corrected chi connectivity index (χ0v) is 24.2. The molecular formula is C32H39ClN4O2. The zero-order valence-electron chi connectivity index (χ0n) is 23.5. The maximum absolute atomic E-state index is 13.8. The average molecular weight is 547 g/mol. The number of hydrogen-bond donors (Lipinski definition) is 1. The highest BCUT2D eigenvalue weighted by atomic mass is 35.5. The molecule has 0 radical (unpaired) electrons. The molecule has 3 aliphatic rings. The number of amides is 1. The Morgan fingerprint density at radius 3 is 2.33 bits per heavy atom. The summed E-state index contributed by atoms with van der Waals surface area (Å²) in [5.74, 6) is 0.918. The third-order valence-corrected chi connectivity index (χ3v) is 7.78. The number of fused-ring (bicyclic) bond motifs is 2. The van der Waals surface area contributed by atoms with Crippen LogP contribution in [0, 0.1) is 0 Å². The van der Waals surface area contributed by atoms with E-state index < -0.39 is 0 Å². The molecule has 0 spiro atoms. The molecule has 2 aromatic rings. The van der Waals surface area contributed by atoms with E-state index in [0.29, 0.717) is 0 Å². The maximum atomic E-state index is 13.8. The van der Waals surface area contributed by atoms with Gasteiger partial charge in [0.2, 0.25) is 5.36 Å². The Morgan fingerprint density at radius 1 is 0.923 bits per heavy atom. The van der Waals surface area contributed by atoms with Crippen molar-refractivity contribution in [2.75, 3.05) is 57.3 Å². The van der Waals surface area contributed by atoms with Crippen LogP contribution in [0.15, 0.2) is 65.1 Å². The normalized spacial score (nSPS) is 13.4. The van der Waals surface area contributed by atoms with E-state index in [4.69, 9.17) is 4.42 Å². The van der Waals surface area contributed by atoms with E-state index in [1.165, 1.54) is 0 Å². The summed E-state index contributed by atoms with van der Waals surface area (Å²) >= 11 is 0. The van der Waals surface area contributed by atoms with Gasteiger partial charge in [0.05, 0.1) is 6.07 Å². The molecule has 1 saturated heterocycles. The van der Waals surface area contributed by atoms with Crippen LogP contribution in [0.4, 0.5) is 5.69 Å². The molecule has 1 aliphatic carbocycles. The number of nitrogens with zero attached hydrogens (tertiary/aromatic N) is 3. The molecule has 0 bridgehead atoms. The molecule has 1 N–H and O–H groups in total. The van der Waals surface area contributed by atoms with Crippen LogP contribution < -0.4 is 32.6 Å². The summed E-state index contributed by atoms with van der Waals surface area (Å²) in [5.41, 5.74) is 5.73. The third-order valence-electron chi connectivity index (χ3n) is 7.78. The number of benzene rings is 3. The summed E-state index contributed by atoms with van der Waals surface area (Å²) in [4.78, 5) is 18.1. The first-order chi connectivity index (χ1) is 18.6. The summed E-state index contributed by atoms with van der Waals surface area (Å²) in [6, 6.07) is 21.0. The lowest BCUT2D eigenvalue weighted by Gasteiger charge is -2.28. The standard InChI is InChI=1S/C32H39N4O2.ClH/c1-5-34(6-2)23-13-15-27-29(21-23)38-30-22-24(35(7-3)8-4)14-16-28(30)31(27)25-11-9-10-12-26(25)32(37)36-19-17-33-18-20-36;/h9-16,21-22,33H,5-8,17-20H2,1-4H3;1H/q+1;/p-1. The number of carbonyl (C=O) groups excluding carboxylic acids is 1. The number of halogens is 1. The Hall–Kier alpha value is -3.35. The van der Waals surface area contributed by atoms with Gasteiger partial charge in [0.1, 0.15) is 24.4 Å². The Labute approximate surface area is 237 Å². The van der Waals surface area contributed by atoms with Gasteiger partial charge in [0, 0.05) is 79.2 Å². The van der Waals surface area contributed by atoms with Crippen LogP contribution in [0.1, 0.15) is 38.1 Å². The van der Waals surface area contributed by atoms with Crippen LogP contribution >= 0.6 is 0 Å². The van der Waals surface area contributed by atoms with Gasteiger partial charge in [-0.05, 0) is 57.5 Å². The first kappa shape index (κ1) is 28.7. The van der Waals surface area contributed by atoms with Crippen LogP contribution in [-0.2, 0) is 0 Å². The molecule has 0 unspecified atom stereocenters. The van der Waals surface area contributed by atoms with E-state index in [1.807, 2.05) is 23.1 Å². The lowest BCUT2D eigenvalue weighted by molar-refractivity contribution is -0.0000180. The van der Waals surface area contributed by atoms with E-state index in [1.54, 1.807) is 0 Å². The molecule has 5 rings (SSSR count). The number of piperazine rings is 1. The van der Waals surface area contributed by atoms with Gasteiger partial charge in [-0.1, -0.05) is 18.2 Å². The summed E-state index contributed by atoms with van der Waals surface area (Å²) in [5, 5.41) is 5.51. The van der Waals surface area contributed by atoms with Gasteiger partial charge in [-0.15, -0.1) is 0 Å². The zero-order chi connectivity index (χ0) is 26.6. The molecule has 2 aliphatic heterocycles. The van der Waals surface area contributed by atoms with Crippen LogP contribution in [0.5, 0.6) is 0 Å². The molecule has 206 valence electrons. The number of nitrogens with one attached hydrogen (secondary N) is 1. The number of anilines is 1. The van der Waals surface area contributed by atoms with Crippen molar-refractivity contribution in [1.29, 1.82) is 0 Å². The fraction of sp³-hybridized carbons (Fsp3) is 0.375. The number of carbonyl (C=O) groups is 1. The molecule has 7 heteroatoms. The van der Waals surface area contributed by atoms with Crippen LogP contribution in [0.25, 0.3) is 33.4 Å². The van der Waals surface area contributed by atoms with Crippen molar-refractivity contribution >= 4 is 22.6 Å². The van der Waals surface area contributed by atoms with E-state index >= 15 is 0 Å². The van der Waals surface area contributed by atoms with E-state index in [-0.39, 0.29) is 18.3 Å². The number of hydrogen-bond acceptors (Lipinski definition) is 4. The largest absolute Gasteiger partial charge is 1.00 e. The minimum atomic E-state index is 0. The number of rotatable bonds is 7.